The molecule has 0 aliphatic carbocycles. The summed E-state index contributed by atoms with van der Waals surface area (Å²) in [4.78, 5) is 119. The van der Waals surface area contributed by atoms with E-state index in [-0.39, 0.29) is 38.1 Å². The van der Waals surface area contributed by atoms with Gasteiger partial charge in [-0.2, -0.15) is 0 Å². The molecule has 1 aliphatic heterocycles. The quantitative estimate of drug-likeness (QED) is 0.0367. The zero-order valence-corrected chi connectivity index (χ0v) is 37.1. The lowest BCUT2D eigenvalue weighted by Crippen LogP contribution is -2.62. The number of carboxylic acid groups (broad SMARTS) is 1. The summed E-state index contributed by atoms with van der Waals surface area (Å²) in [5.41, 5.74) is 11.8. The second-order valence-corrected chi connectivity index (χ2v) is 15.9. The summed E-state index contributed by atoms with van der Waals surface area (Å²) in [6.45, 7) is 3.75. The van der Waals surface area contributed by atoms with Crippen molar-refractivity contribution in [3.8, 4) is 5.75 Å². The Kier molecular flexibility index (Phi) is 23.3. The summed E-state index contributed by atoms with van der Waals surface area (Å²) in [5.74, 6) is -9.09. The van der Waals surface area contributed by atoms with E-state index in [1.807, 2.05) is 0 Å². The number of unbranched alkanes of at least 4 members (excludes halogenated alkanes) is 1. The van der Waals surface area contributed by atoms with Gasteiger partial charge < -0.3 is 79.1 Å². The first-order valence-electron chi connectivity index (χ1n) is 21.4. The van der Waals surface area contributed by atoms with Gasteiger partial charge in [-0.25, -0.2) is 4.79 Å². The molecule has 364 valence electrons. The van der Waals surface area contributed by atoms with E-state index in [1.165, 1.54) is 43.0 Å². The number of aliphatic carboxylic acids is 1. The van der Waals surface area contributed by atoms with Gasteiger partial charge in [0.2, 0.25) is 47.3 Å². The van der Waals surface area contributed by atoms with Crippen LogP contribution in [0.25, 0.3) is 0 Å². The molecular formula is C41H66N10O14. The second-order valence-electron chi connectivity index (χ2n) is 15.9. The van der Waals surface area contributed by atoms with Crippen LogP contribution in [-0.2, 0) is 49.6 Å². The summed E-state index contributed by atoms with van der Waals surface area (Å²) in [6, 6.07) is -6.72. The molecule has 0 spiro atoms. The Hall–Kier alpha value is -5.95. The van der Waals surface area contributed by atoms with Crippen molar-refractivity contribution in [3.05, 3.63) is 29.8 Å². The highest BCUT2D eigenvalue weighted by Crippen LogP contribution is 2.19. The normalized spacial score (nSPS) is 17.6. The number of hydrogen-bond acceptors (Lipinski definition) is 15. The molecule has 2 rings (SSSR count). The van der Waals surface area contributed by atoms with E-state index in [0.29, 0.717) is 31.2 Å². The van der Waals surface area contributed by atoms with E-state index in [9.17, 15) is 63.6 Å². The smallest absolute Gasteiger partial charge is 0.328 e. The number of carboxylic acids is 1. The summed E-state index contributed by atoms with van der Waals surface area (Å²) in [6.07, 6.45) is 1.66. The zero-order chi connectivity index (χ0) is 49.0. The van der Waals surface area contributed by atoms with E-state index in [2.05, 4.69) is 37.2 Å². The molecule has 65 heavy (non-hydrogen) atoms. The number of aliphatic hydroxyl groups excluding tert-OH is 3. The van der Waals surface area contributed by atoms with Crippen molar-refractivity contribution in [2.45, 2.75) is 127 Å². The maximum atomic E-state index is 13.9. The Morgan fingerprint density at radius 3 is 1.77 bits per heavy atom. The number of nitrogens with two attached hydrogens (primary N) is 2. The minimum Gasteiger partial charge on any atom is -0.508 e. The third kappa shape index (κ3) is 17.2. The average molecular weight is 923 g/mol. The maximum absolute atomic E-state index is 13.9. The van der Waals surface area contributed by atoms with Gasteiger partial charge in [0.1, 0.15) is 54.1 Å². The fourth-order valence-electron chi connectivity index (χ4n) is 6.68. The van der Waals surface area contributed by atoms with Crippen LogP contribution in [0.15, 0.2) is 24.3 Å². The molecule has 1 aromatic rings. The fraction of sp³-hybridized carbons (Fsp3) is 0.634. The van der Waals surface area contributed by atoms with Crippen LogP contribution < -0.4 is 48.7 Å². The van der Waals surface area contributed by atoms with Crippen molar-refractivity contribution >= 4 is 53.2 Å². The molecule has 16 N–H and O–H groups in total. The first kappa shape index (κ1) is 55.2. The van der Waals surface area contributed by atoms with Crippen LogP contribution in [0.3, 0.4) is 0 Å². The third-order valence-electron chi connectivity index (χ3n) is 10.8. The molecule has 1 saturated heterocycles. The highest BCUT2D eigenvalue weighted by molar-refractivity contribution is 5.98. The number of phenols is 1. The van der Waals surface area contributed by atoms with Gasteiger partial charge in [0.15, 0.2) is 0 Å². The van der Waals surface area contributed by atoms with Crippen molar-refractivity contribution in [1.82, 2.24) is 42.1 Å². The maximum Gasteiger partial charge on any atom is 0.328 e. The van der Waals surface area contributed by atoms with Crippen LogP contribution in [-0.4, -0.2) is 171 Å². The van der Waals surface area contributed by atoms with Crippen molar-refractivity contribution in [1.29, 1.82) is 0 Å². The SMILES string of the molecule is CC[C@H](C)[C@H](NC(=O)[C@H](CO)NC(=O)[C@H](Cc1ccc(O)cc1)NC(=O)[C@H](CO)NC(=O)[C@@H]1CCCN1C(=O)[C@H](C)N)C(=O)N[C@@H](CCCCN)C(=O)N[C@@H](C)C(=O)N[C@@H](CO)C(=O)O. The lowest BCUT2D eigenvalue weighted by molar-refractivity contribution is -0.143. The van der Waals surface area contributed by atoms with Gasteiger partial charge in [0, 0.05) is 13.0 Å². The molecule has 1 aliphatic rings. The summed E-state index contributed by atoms with van der Waals surface area (Å²) in [5, 5.41) is 65.5. The average Bonchev–Trinajstić information content (AvgIpc) is 3.77. The van der Waals surface area contributed by atoms with E-state index in [4.69, 9.17) is 16.6 Å². The van der Waals surface area contributed by atoms with Gasteiger partial charge in [0.05, 0.1) is 25.9 Å². The first-order chi connectivity index (χ1) is 30.7. The molecule has 24 heteroatoms. The van der Waals surface area contributed by atoms with Crippen LogP contribution in [0, 0.1) is 5.92 Å². The number of carbonyl (C=O) groups excluding carboxylic acids is 8. The molecule has 1 fully saturated rings. The van der Waals surface area contributed by atoms with Gasteiger partial charge in [-0.3, -0.25) is 38.4 Å². The number of aromatic hydroxyl groups is 1. The number of hydrogen-bond donors (Lipinski definition) is 14. The number of amides is 8. The number of carbonyl (C=O) groups is 9. The van der Waals surface area contributed by atoms with Crippen LogP contribution in [0.2, 0.25) is 0 Å². The number of rotatable bonds is 27. The van der Waals surface area contributed by atoms with Crippen LogP contribution in [0.1, 0.15) is 71.8 Å². The number of aliphatic hydroxyl groups is 3. The van der Waals surface area contributed by atoms with Crippen LogP contribution in [0.5, 0.6) is 5.75 Å². The predicted molar refractivity (Wildman–Crippen MR) is 231 cm³/mol. The van der Waals surface area contributed by atoms with Gasteiger partial charge in [-0.05, 0) is 76.1 Å². The van der Waals surface area contributed by atoms with Crippen LogP contribution in [0.4, 0.5) is 0 Å². The topological polar surface area (TPSA) is 394 Å². The van der Waals surface area contributed by atoms with Crippen molar-refractivity contribution in [2.24, 2.45) is 17.4 Å². The minimum atomic E-state index is -1.72. The van der Waals surface area contributed by atoms with Gasteiger partial charge >= 0.3 is 5.97 Å². The lowest BCUT2D eigenvalue weighted by Gasteiger charge is -2.29. The molecule has 10 atom stereocenters. The number of phenolic OH excluding ortho intramolecular Hbond substituents is 1. The molecular weight excluding hydrogens is 857 g/mol. The number of nitrogens with zero attached hydrogens (tertiary/aromatic N) is 1. The van der Waals surface area contributed by atoms with Gasteiger partial charge in [-0.15, -0.1) is 0 Å². The van der Waals surface area contributed by atoms with Crippen molar-refractivity contribution in [2.75, 3.05) is 32.9 Å². The van der Waals surface area contributed by atoms with E-state index < -0.39 is 133 Å². The lowest BCUT2D eigenvalue weighted by atomic mass is 9.97. The predicted octanol–water partition coefficient (Wildman–Crippen LogP) is -5.08. The second kappa shape index (κ2) is 27.4. The summed E-state index contributed by atoms with van der Waals surface area (Å²) >= 11 is 0. The molecule has 0 saturated carbocycles. The van der Waals surface area contributed by atoms with Gasteiger partial charge in [-0.1, -0.05) is 32.4 Å². The highest BCUT2D eigenvalue weighted by atomic mass is 16.4. The Morgan fingerprint density at radius 1 is 0.692 bits per heavy atom. The number of benzene rings is 1. The molecule has 0 bridgehead atoms. The highest BCUT2D eigenvalue weighted by Gasteiger charge is 2.38. The van der Waals surface area contributed by atoms with Crippen LogP contribution >= 0.6 is 0 Å². The minimum absolute atomic E-state index is 0.0369. The summed E-state index contributed by atoms with van der Waals surface area (Å²) < 4.78 is 0. The Morgan fingerprint density at radius 2 is 1.22 bits per heavy atom. The Labute approximate surface area is 376 Å². The fourth-order valence-corrected chi connectivity index (χ4v) is 6.68. The number of nitrogens with one attached hydrogen (secondary N) is 7. The Bertz CT molecular complexity index is 1800. The molecule has 0 aromatic heterocycles. The molecule has 0 radical (unpaired) electrons. The van der Waals surface area contributed by atoms with Gasteiger partial charge in [0.25, 0.3) is 0 Å². The van der Waals surface area contributed by atoms with Crippen molar-refractivity contribution in [3.63, 3.8) is 0 Å². The largest absolute Gasteiger partial charge is 0.508 e. The third-order valence-corrected chi connectivity index (χ3v) is 10.8. The molecule has 1 heterocycles. The monoisotopic (exact) mass is 922 g/mol. The number of likely N-dealkylation sites (tertiary alicyclic amines) is 1. The molecule has 24 nitrogen and oxygen atoms in total. The Balaban J connectivity index is 2.29. The first-order valence-corrected chi connectivity index (χ1v) is 21.4. The molecule has 8 amide bonds. The molecule has 0 unspecified atom stereocenters. The van der Waals surface area contributed by atoms with E-state index in [0.717, 1.165) is 0 Å². The molecule has 1 aromatic carbocycles. The van der Waals surface area contributed by atoms with E-state index >= 15 is 0 Å². The van der Waals surface area contributed by atoms with E-state index in [1.54, 1.807) is 13.8 Å². The van der Waals surface area contributed by atoms with Crippen molar-refractivity contribution < 1.29 is 68.7 Å². The standard InChI is InChI=1S/C41H66N10O14/c1-5-21(2)32(39(62)45-26(9-6-7-15-42)34(57)44-23(4)33(56)49-30(20-54)41(64)65)50-37(60)29(19-53)47-35(58)27(17-24-11-13-25(55)14-12-24)46-36(59)28(18-52)48-38(61)31-10-8-16-51(31)40(63)22(3)43/h11-14,21-23,26-32,52-55H,5-10,15-20,42-43H2,1-4H3,(H,44,57)(H,45,62)(H,46,59)(H,47,58)(H,48,61)(H,49,56)(H,50,60)(H,64,65)/t21-,22-,23-,26-,27-,28-,29-,30-,31-,32-/m0/s1. The summed E-state index contributed by atoms with van der Waals surface area (Å²) in [7, 11) is 0. The zero-order valence-electron chi connectivity index (χ0n) is 37.1.